The van der Waals surface area contributed by atoms with E-state index in [9.17, 15) is 4.79 Å². The number of nitrogens with one attached hydrogen (secondary N) is 1. The zero-order valence-electron chi connectivity index (χ0n) is 14.7. The number of hydrogen-bond donors (Lipinski definition) is 1. The quantitative estimate of drug-likeness (QED) is 0.533. The summed E-state index contributed by atoms with van der Waals surface area (Å²) in [5, 5.41) is 15.6. The van der Waals surface area contributed by atoms with Crippen LogP contribution in [0.5, 0.6) is 0 Å². The first-order valence-electron chi connectivity index (χ1n) is 8.32. The maximum absolute atomic E-state index is 12.5. The summed E-state index contributed by atoms with van der Waals surface area (Å²) in [7, 11) is 0. The second-order valence-electron chi connectivity index (χ2n) is 5.82. The van der Waals surface area contributed by atoms with Gasteiger partial charge in [0.2, 0.25) is 5.16 Å². The van der Waals surface area contributed by atoms with Gasteiger partial charge in [0, 0.05) is 11.3 Å². The molecule has 7 nitrogen and oxygen atoms in total. The van der Waals surface area contributed by atoms with E-state index in [0.29, 0.717) is 20.7 Å². The maximum atomic E-state index is 12.5. The van der Waals surface area contributed by atoms with Crippen molar-refractivity contribution in [3.8, 4) is 11.3 Å². The van der Waals surface area contributed by atoms with Gasteiger partial charge in [-0.1, -0.05) is 52.5 Å². The molecule has 1 amide bonds. The molecule has 0 radical (unpaired) electrons. The number of benzene rings is 2. The third kappa shape index (κ3) is 4.21. The van der Waals surface area contributed by atoms with E-state index in [2.05, 4.69) is 30.1 Å². The lowest BCUT2D eigenvalue weighted by atomic mass is 10.2. The SMILES string of the molecule is Cc1ccc(NC(=O)c2nnsc2Sc2ncc(-c3ccccc3)nn2)cc1. The van der Waals surface area contributed by atoms with Gasteiger partial charge in [-0.3, -0.25) is 4.79 Å². The minimum atomic E-state index is -0.325. The van der Waals surface area contributed by atoms with Crippen molar-refractivity contribution in [2.45, 2.75) is 16.3 Å². The summed E-state index contributed by atoms with van der Waals surface area (Å²) in [6.45, 7) is 1.99. The highest BCUT2D eigenvalue weighted by molar-refractivity contribution is 8.01. The van der Waals surface area contributed by atoms with E-state index < -0.39 is 0 Å². The van der Waals surface area contributed by atoms with Crippen LogP contribution < -0.4 is 5.32 Å². The first-order chi connectivity index (χ1) is 13.7. The molecule has 0 saturated carbocycles. The number of amides is 1. The zero-order chi connectivity index (χ0) is 19.3. The molecule has 0 fully saturated rings. The van der Waals surface area contributed by atoms with Crippen LogP contribution in [0.1, 0.15) is 16.1 Å². The smallest absolute Gasteiger partial charge is 0.278 e. The lowest BCUT2D eigenvalue weighted by Gasteiger charge is -2.04. The number of carbonyl (C=O) groups is 1. The van der Waals surface area contributed by atoms with Gasteiger partial charge in [0.15, 0.2) is 5.69 Å². The Labute approximate surface area is 169 Å². The van der Waals surface area contributed by atoms with E-state index >= 15 is 0 Å². The van der Waals surface area contributed by atoms with Crippen molar-refractivity contribution in [1.29, 1.82) is 0 Å². The zero-order valence-corrected chi connectivity index (χ0v) is 16.4. The molecule has 0 saturated heterocycles. The number of aromatic nitrogens is 5. The molecule has 1 N–H and O–H groups in total. The lowest BCUT2D eigenvalue weighted by Crippen LogP contribution is -2.13. The lowest BCUT2D eigenvalue weighted by molar-refractivity contribution is 0.101. The van der Waals surface area contributed by atoms with Gasteiger partial charge < -0.3 is 5.32 Å². The topological polar surface area (TPSA) is 93.6 Å². The van der Waals surface area contributed by atoms with Crippen LogP contribution in [0.25, 0.3) is 11.3 Å². The molecule has 0 bridgehead atoms. The van der Waals surface area contributed by atoms with Gasteiger partial charge in [-0.15, -0.1) is 15.3 Å². The van der Waals surface area contributed by atoms with Crippen molar-refractivity contribution in [2.24, 2.45) is 0 Å². The molecule has 0 aliphatic rings. The maximum Gasteiger partial charge on any atom is 0.278 e. The van der Waals surface area contributed by atoms with Gasteiger partial charge in [-0.2, -0.15) is 0 Å². The summed E-state index contributed by atoms with van der Waals surface area (Å²) in [5.41, 5.74) is 3.69. The third-order valence-electron chi connectivity index (χ3n) is 3.78. The molecule has 138 valence electrons. The normalized spacial score (nSPS) is 10.6. The highest BCUT2D eigenvalue weighted by Crippen LogP contribution is 2.30. The molecule has 4 aromatic rings. The molecule has 0 aliphatic heterocycles. The Morgan fingerprint density at radius 1 is 1.00 bits per heavy atom. The van der Waals surface area contributed by atoms with Gasteiger partial charge in [0.05, 0.1) is 6.20 Å². The van der Waals surface area contributed by atoms with Gasteiger partial charge in [0.25, 0.3) is 5.91 Å². The van der Waals surface area contributed by atoms with Crippen molar-refractivity contribution in [2.75, 3.05) is 5.32 Å². The van der Waals surface area contributed by atoms with Crippen molar-refractivity contribution in [1.82, 2.24) is 24.8 Å². The van der Waals surface area contributed by atoms with Crippen LogP contribution in [0.2, 0.25) is 0 Å². The molecule has 0 spiro atoms. The Bertz CT molecular complexity index is 1080. The van der Waals surface area contributed by atoms with E-state index in [1.165, 1.54) is 11.8 Å². The van der Waals surface area contributed by atoms with E-state index in [1.807, 2.05) is 61.5 Å². The van der Waals surface area contributed by atoms with Crippen LogP contribution in [-0.2, 0) is 0 Å². The second kappa shape index (κ2) is 8.24. The molecule has 0 aliphatic carbocycles. The van der Waals surface area contributed by atoms with E-state index in [4.69, 9.17) is 0 Å². The first kappa shape index (κ1) is 18.2. The fourth-order valence-electron chi connectivity index (χ4n) is 2.35. The van der Waals surface area contributed by atoms with Crippen molar-refractivity contribution < 1.29 is 4.79 Å². The number of anilines is 1. The van der Waals surface area contributed by atoms with Gasteiger partial charge >= 0.3 is 0 Å². The molecule has 0 atom stereocenters. The standard InChI is InChI=1S/C19H14N6OS2/c1-12-7-9-14(10-8-12)21-17(26)16-18(28-25-23-16)27-19-20-11-15(22-24-19)13-5-3-2-4-6-13/h2-11H,1H3,(H,21,26). The molecule has 2 heterocycles. The van der Waals surface area contributed by atoms with E-state index in [0.717, 1.165) is 22.7 Å². The van der Waals surface area contributed by atoms with Crippen LogP contribution in [-0.4, -0.2) is 30.7 Å². The molecular weight excluding hydrogens is 392 g/mol. The highest BCUT2D eigenvalue weighted by atomic mass is 32.2. The third-order valence-corrected chi connectivity index (χ3v) is 5.52. The predicted molar refractivity (Wildman–Crippen MR) is 108 cm³/mol. The summed E-state index contributed by atoms with van der Waals surface area (Å²) in [6, 6.07) is 17.2. The van der Waals surface area contributed by atoms with Crippen molar-refractivity contribution in [3.63, 3.8) is 0 Å². The van der Waals surface area contributed by atoms with Crippen LogP contribution >= 0.6 is 23.3 Å². The fraction of sp³-hybridized carbons (Fsp3) is 0.0526. The van der Waals surface area contributed by atoms with Crippen molar-refractivity contribution in [3.05, 3.63) is 72.1 Å². The largest absolute Gasteiger partial charge is 0.321 e. The Kier molecular flexibility index (Phi) is 5.36. The van der Waals surface area contributed by atoms with Gasteiger partial charge in [0.1, 0.15) is 9.90 Å². The average molecular weight is 406 g/mol. The molecular formula is C19H14N6OS2. The van der Waals surface area contributed by atoms with Crippen LogP contribution in [0, 0.1) is 6.92 Å². The summed E-state index contributed by atoms with van der Waals surface area (Å²) < 4.78 is 4.50. The minimum absolute atomic E-state index is 0.242. The Balaban J connectivity index is 1.48. The second-order valence-corrected chi connectivity index (χ2v) is 7.81. The summed E-state index contributed by atoms with van der Waals surface area (Å²) >= 11 is 2.33. The fourth-order valence-corrected chi connectivity index (χ4v) is 3.82. The number of rotatable bonds is 5. The Morgan fingerprint density at radius 2 is 1.79 bits per heavy atom. The number of nitrogens with zero attached hydrogens (tertiary/aromatic N) is 5. The van der Waals surface area contributed by atoms with Gasteiger partial charge in [-0.25, -0.2) is 4.98 Å². The predicted octanol–water partition coefficient (Wildman–Crippen LogP) is 4.10. The van der Waals surface area contributed by atoms with Crippen LogP contribution in [0.15, 0.2) is 70.2 Å². The van der Waals surface area contributed by atoms with E-state index in [-0.39, 0.29) is 11.6 Å². The minimum Gasteiger partial charge on any atom is -0.321 e. The number of carbonyl (C=O) groups excluding carboxylic acids is 1. The highest BCUT2D eigenvalue weighted by Gasteiger charge is 2.19. The summed E-state index contributed by atoms with van der Waals surface area (Å²) in [4.78, 5) is 16.9. The first-order valence-corrected chi connectivity index (χ1v) is 9.91. The summed E-state index contributed by atoms with van der Waals surface area (Å²) in [5.74, 6) is -0.325. The molecule has 0 unspecified atom stereocenters. The summed E-state index contributed by atoms with van der Waals surface area (Å²) in [6.07, 6.45) is 1.66. The number of aryl methyl sites for hydroxylation is 1. The molecule has 2 aromatic heterocycles. The Morgan fingerprint density at radius 3 is 2.50 bits per heavy atom. The molecule has 28 heavy (non-hydrogen) atoms. The monoisotopic (exact) mass is 406 g/mol. The molecule has 2 aromatic carbocycles. The Hall–Kier alpha value is -3.17. The van der Waals surface area contributed by atoms with Crippen LogP contribution in [0.4, 0.5) is 5.69 Å². The van der Waals surface area contributed by atoms with Crippen LogP contribution in [0.3, 0.4) is 0 Å². The van der Waals surface area contributed by atoms with E-state index in [1.54, 1.807) is 6.20 Å². The van der Waals surface area contributed by atoms with Gasteiger partial charge in [-0.05, 0) is 42.4 Å². The number of hydrogen-bond acceptors (Lipinski definition) is 8. The molecule has 9 heteroatoms. The average Bonchev–Trinajstić information content (AvgIpc) is 3.19. The van der Waals surface area contributed by atoms with Crippen molar-refractivity contribution >= 4 is 34.9 Å². The molecule has 4 rings (SSSR count).